The molecule has 1 N–H and O–H groups in total. The zero-order chi connectivity index (χ0) is 11.5. The molecule has 5 heteroatoms. The van der Waals surface area contributed by atoms with Gasteiger partial charge >= 0.3 is 0 Å². The van der Waals surface area contributed by atoms with Crippen LogP contribution in [-0.4, -0.2) is 9.97 Å². The van der Waals surface area contributed by atoms with Crippen molar-refractivity contribution < 1.29 is 4.39 Å². The Morgan fingerprint density at radius 1 is 1.25 bits per heavy atom. The van der Waals surface area contributed by atoms with E-state index in [0.29, 0.717) is 5.95 Å². The summed E-state index contributed by atoms with van der Waals surface area (Å²) in [6, 6.07) is 4.52. The van der Waals surface area contributed by atoms with Crippen LogP contribution in [0.1, 0.15) is 5.56 Å². The highest BCUT2D eigenvalue weighted by molar-refractivity contribution is 9.10. The van der Waals surface area contributed by atoms with Crippen molar-refractivity contribution in [1.82, 2.24) is 9.97 Å². The minimum absolute atomic E-state index is 0.250. The van der Waals surface area contributed by atoms with Crippen LogP contribution in [0.5, 0.6) is 0 Å². The smallest absolute Gasteiger partial charge is 0.227 e. The Labute approximate surface area is 101 Å². The first-order chi connectivity index (χ1) is 7.65. The van der Waals surface area contributed by atoms with Gasteiger partial charge in [-0.3, -0.25) is 0 Å². The third-order valence-electron chi connectivity index (χ3n) is 2.06. The summed E-state index contributed by atoms with van der Waals surface area (Å²) >= 11 is 3.25. The number of nitrogens with one attached hydrogen (secondary N) is 1. The first kappa shape index (κ1) is 11.0. The van der Waals surface area contributed by atoms with Gasteiger partial charge in [0.2, 0.25) is 5.95 Å². The molecule has 0 aliphatic rings. The van der Waals surface area contributed by atoms with E-state index >= 15 is 0 Å². The molecule has 0 bridgehead atoms. The van der Waals surface area contributed by atoms with Crippen LogP contribution in [0.2, 0.25) is 0 Å². The number of rotatable bonds is 2. The van der Waals surface area contributed by atoms with Gasteiger partial charge in [-0.05, 0) is 46.6 Å². The van der Waals surface area contributed by atoms with Gasteiger partial charge in [0.15, 0.2) is 0 Å². The van der Waals surface area contributed by atoms with Crippen molar-refractivity contribution in [1.29, 1.82) is 0 Å². The molecule has 0 spiro atoms. The van der Waals surface area contributed by atoms with Crippen molar-refractivity contribution in [2.75, 3.05) is 5.32 Å². The number of hydrogen-bond donors (Lipinski definition) is 1. The number of aryl methyl sites for hydroxylation is 1. The first-order valence-corrected chi connectivity index (χ1v) is 5.45. The van der Waals surface area contributed by atoms with Gasteiger partial charge in [-0.2, -0.15) is 0 Å². The van der Waals surface area contributed by atoms with E-state index in [0.717, 1.165) is 15.7 Å². The Kier molecular flexibility index (Phi) is 3.14. The van der Waals surface area contributed by atoms with Crippen molar-refractivity contribution >= 4 is 27.6 Å². The molecule has 0 amide bonds. The number of hydrogen-bond acceptors (Lipinski definition) is 3. The topological polar surface area (TPSA) is 37.8 Å². The lowest BCUT2D eigenvalue weighted by Gasteiger charge is -2.07. The Bertz CT molecular complexity index is 499. The molecule has 1 aromatic heterocycles. The predicted molar refractivity (Wildman–Crippen MR) is 64.2 cm³/mol. The van der Waals surface area contributed by atoms with E-state index in [2.05, 4.69) is 31.2 Å². The predicted octanol–water partition coefficient (Wildman–Crippen LogP) is 3.43. The molecule has 0 fully saturated rings. The summed E-state index contributed by atoms with van der Waals surface area (Å²) < 4.78 is 13.7. The molecular formula is C11H9BrFN3. The van der Waals surface area contributed by atoms with Crippen LogP contribution < -0.4 is 5.32 Å². The van der Waals surface area contributed by atoms with Crippen molar-refractivity contribution in [3.8, 4) is 0 Å². The number of aromatic nitrogens is 2. The number of nitrogens with zero attached hydrogens (tertiary/aromatic N) is 2. The van der Waals surface area contributed by atoms with Crippen molar-refractivity contribution in [3.05, 3.63) is 46.4 Å². The second-order valence-corrected chi connectivity index (χ2v) is 4.22. The highest BCUT2D eigenvalue weighted by Crippen LogP contribution is 2.19. The van der Waals surface area contributed by atoms with Crippen LogP contribution in [0, 0.1) is 12.7 Å². The summed E-state index contributed by atoms with van der Waals surface area (Å²) in [6.07, 6.45) is 3.29. The van der Waals surface area contributed by atoms with Crippen molar-refractivity contribution in [3.63, 3.8) is 0 Å². The number of benzene rings is 1. The molecule has 2 aromatic rings. The molecule has 1 heterocycles. The van der Waals surface area contributed by atoms with Gasteiger partial charge in [-0.1, -0.05) is 0 Å². The summed E-state index contributed by atoms with van der Waals surface area (Å²) in [6.45, 7) is 1.82. The summed E-state index contributed by atoms with van der Waals surface area (Å²) in [5.74, 6) is 0.234. The zero-order valence-electron chi connectivity index (χ0n) is 8.54. The van der Waals surface area contributed by atoms with E-state index in [9.17, 15) is 4.39 Å². The molecule has 0 saturated heterocycles. The molecule has 82 valence electrons. The average molecular weight is 282 g/mol. The lowest BCUT2D eigenvalue weighted by molar-refractivity contribution is 0.627. The maximum atomic E-state index is 12.9. The molecule has 0 unspecified atom stereocenters. The average Bonchev–Trinajstić information content (AvgIpc) is 2.25. The minimum Gasteiger partial charge on any atom is -0.324 e. The quantitative estimate of drug-likeness (QED) is 0.917. The largest absolute Gasteiger partial charge is 0.324 e. The van der Waals surface area contributed by atoms with Gasteiger partial charge in [0.05, 0.1) is 4.47 Å². The highest BCUT2D eigenvalue weighted by atomic mass is 79.9. The highest BCUT2D eigenvalue weighted by Gasteiger charge is 2.02. The van der Waals surface area contributed by atoms with Crippen LogP contribution in [-0.2, 0) is 0 Å². The maximum Gasteiger partial charge on any atom is 0.227 e. The van der Waals surface area contributed by atoms with E-state index < -0.39 is 0 Å². The third kappa shape index (κ3) is 2.55. The molecule has 0 aliphatic heterocycles. The van der Waals surface area contributed by atoms with Crippen LogP contribution in [0.15, 0.2) is 35.1 Å². The van der Waals surface area contributed by atoms with Gasteiger partial charge in [0.25, 0.3) is 0 Å². The maximum absolute atomic E-state index is 12.9. The van der Waals surface area contributed by atoms with Gasteiger partial charge in [0, 0.05) is 18.1 Å². The molecule has 2 rings (SSSR count). The van der Waals surface area contributed by atoms with Crippen LogP contribution in [0.4, 0.5) is 16.0 Å². The summed E-state index contributed by atoms with van der Waals surface area (Å²) in [7, 11) is 0. The molecule has 0 saturated carbocycles. The number of anilines is 2. The van der Waals surface area contributed by atoms with Crippen molar-refractivity contribution in [2.45, 2.75) is 6.92 Å². The SMILES string of the molecule is Cc1cc(F)ccc1Nc1ncc(Br)cn1. The Morgan fingerprint density at radius 2 is 1.94 bits per heavy atom. The monoisotopic (exact) mass is 281 g/mol. The lowest BCUT2D eigenvalue weighted by atomic mass is 10.2. The van der Waals surface area contributed by atoms with Gasteiger partial charge in [-0.15, -0.1) is 0 Å². The van der Waals surface area contributed by atoms with E-state index in [1.54, 1.807) is 18.5 Å². The third-order valence-corrected chi connectivity index (χ3v) is 2.46. The Morgan fingerprint density at radius 3 is 2.56 bits per heavy atom. The fourth-order valence-corrected chi connectivity index (χ4v) is 1.47. The molecule has 16 heavy (non-hydrogen) atoms. The summed E-state index contributed by atoms with van der Waals surface area (Å²) in [5, 5.41) is 3.02. The van der Waals surface area contributed by atoms with Crippen LogP contribution >= 0.6 is 15.9 Å². The molecule has 0 radical (unpaired) electrons. The molecule has 0 atom stereocenters. The fourth-order valence-electron chi connectivity index (χ4n) is 1.26. The Hall–Kier alpha value is -1.49. The molecule has 1 aromatic carbocycles. The first-order valence-electron chi connectivity index (χ1n) is 4.66. The second-order valence-electron chi connectivity index (χ2n) is 3.31. The fraction of sp³-hybridized carbons (Fsp3) is 0.0909. The van der Waals surface area contributed by atoms with Crippen LogP contribution in [0.3, 0.4) is 0 Å². The van der Waals surface area contributed by atoms with E-state index in [-0.39, 0.29) is 5.82 Å². The van der Waals surface area contributed by atoms with E-state index in [1.807, 2.05) is 6.92 Å². The summed E-state index contributed by atoms with van der Waals surface area (Å²) in [4.78, 5) is 8.15. The number of halogens is 2. The Balaban J connectivity index is 2.23. The van der Waals surface area contributed by atoms with E-state index in [1.165, 1.54) is 12.1 Å². The minimum atomic E-state index is -0.250. The van der Waals surface area contributed by atoms with Gasteiger partial charge in [-0.25, -0.2) is 14.4 Å². The second kappa shape index (κ2) is 4.57. The molecule has 3 nitrogen and oxygen atoms in total. The summed E-state index contributed by atoms with van der Waals surface area (Å²) in [5.41, 5.74) is 1.61. The van der Waals surface area contributed by atoms with Gasteiger partial charge < -0.3 is 5.32 Å². The zero-order valence-corrected chi connectivity index (χ0v) is 10.1. The lowest BCUT2D eigenvalue weighted by Crippen LogP contribution is -1.98. The molecular weight excluding hydrogens is 273 g/mol. The van der Waals surface area contributed by atoms with Crippen molar-refractivity contribution in [2.24, 2.45) is 0 Å². The normalized spacial score (nSPS) is 10.2. The standard InChI is InChI=1S/C11H9BrFN3/c1-7-4-9(13)2-3-10(7)16-11-14-5-8(12)6-15-11/h2-6H,1H3,(H,14,15,16). The van der Waals surface area contributed by atoms with Gasteiger partial charge in [0.1, 0.15) is 5.82 Å². The van der Waals surface area contributed by atoms with E-state index in [4.69, 9.17) is 0 Å². The molecule has 0 aliphatic carbocycles. The van der Waals surface area contributed by atoms with Crippen LogP contribution in [0.25, 0.3) is 0 Å².